The van der Waals surface area contributed by atoms with Crippen molar-refractivity contribution in [2.45, 2.75) is 57.7 Å². The molecule has 1 aromatic heterocycles. The average Bonchev–Trinajstić information content (AvgIpc) is 3.42. The number of halogens is 3. The summed E-state index contributed by atoms with van der Waals surface area (Å²) in [5, 5.41) is 13.0. The van der Waals surface area contributed by atoms with Crippen molar-refractivity contribution >= 4 is 6.09 Å². The zero-order chi connectivity index (χ0) is 23.1. The van der Waals surface area contributed by atoms with Gasteiger partial charge in [0.2, 0.25) is 11.7 Å². The lowest BCUT2D eigenvalue weighted by molar-refractivity contribution is -0.138. The number of ether oxygens (including phenoxy) is 1. The molecule has 1 aliphatic rings. The van der Waals surface area contributed by atoms with Crippen LogP contribution in [0.4, 0.5) is 18.0 Å². The third kappa shape index (κ3) is 5.80. The van der Waals surface area contributed by atoms with Gasteiger partial charge in [-0.15, -0.1) is 0 Å². The van der Waals surface area contributed by atoms with Gasteiger partial charge >= 0.3 is 12.3 Å². The van der Waals surface area contributed by atoms with E-state index in [9.17, 15) is 23.1 Å². The molecular formula is C22H26F3N3O4. The molecule has 0 spiro atoms. The largest absolute Gasteiger partial charge is 0.493 e. The van der Waals surface area contributed by atoms with Crippen molar-refractivity contribution in [1.82, 2.24) is 15.0 Å². The molecule has 7 nitrogen and oxygen atoms in total. The van der Waals surface area contributed by atoms with Crippen molar-refractivity contribution in [3.8, 4) is 17.1 Å². The Morgan fingerprint density at radius 2 is 2.12 bits per heavy atom. The number of likely N-dealkylation sites (tertiary alicyclic amines) is 1. The van der Waals surface area contributed by atoms with Crippen LogP contribution in [0, 0.1) is 0 Å². The predicted octanol–water partition coefficient (Wildman–Crippen LogP) is 6.09. The summed E-state index contributed by atoms with van der Waals surface area (Å²) < 4.78 is 51.4. The van der Waals surface area contributed by atoms with Gasteiger partial charge < -0.3 is 14.4 Å². The van der Waals surface area contributed by atoms with Crippen molar-refractivity contribution in [3.63, 3.8) is 0 Å². The summed E-state index contributed by atoms with van der Waals surface area (Å²) in [7, 11) is 0. The van der Waals surface area contributed by atoms with Gasteiger partial charge in [0.05, 0.1) is 12.2 Å². The second-order valence-corrected chi connectivity index (χ2v) is 7.55. The highest BCUT2D eigenvalue weighted by Gasteiger charge is 2.36. The van der Waals surface area contributed by atoms with Crippen molar-refractivity contribution in [3.05, 3.63) is 41.8 Å². The molecule has 0 unspecified atom stereocenters. The van der Waals surface area contributed by atoms with Gasteiger partial charge in [-0.2, -0.15) is 18.2 Å². The minimum atomic E-state index is -4.62. The van der Waals surface area contributed by atoms with Crippen molar-refractivity contribution in [1.29, 1.82) is 0 Å². The molecule has 1 N–H and O–H groups in total. The molecule has 2 heterocycles. The Kier molecular flexibility index (Phi) is 7.76. The molecule has 1 aromatic carbocycles. The smallest absolute Gasteiger partial charge is 0.419 e. The number of hydrogen-bond donors (Lipinski definition) is 1. The maximum Gasteiger partial charge on any atom is 0.419 e. The number of carbonyl (C=O) groups is 1. The quantitative estimate of drug-likeness (QED) is 0.365. The summed E-state index contributed by atoms with van der Waals surface area (Å²) in [5.41, 5.74) is -0.816. The fourth-order valence-corrected chi connectivity index (χ4v) is 3.55. The average molecular weight is 453 g/mol. The van der Waals surface area contributed by atoms with Crippen LogP contribution in [-0.4, -0.2) is 39.4 Å². The van der Waals surface area contributed by atoms with E-state index in [0.717, 1.165) is 25.3 Å². The molecule has 3 rings (SSSR count). The highest BCUT2D eigenvalue weighted by Crippen LogP contribution is 2.39. The third-order valence-corrected chi connectivity index (χ3v) is 5.20. The number of unbranched alkanes of at least 4 members (excludes halogenated alkanes) is 2. The molecule has 174 valence electrons. The lowest BCUT2D eigenvalue weighted by Gasteiger charge is -2.17. The Hall–Kier alpha value is -3.04. The third-order valence-electron chi connectivity index (χ3n) is 5.20. The SMILES string of the molecule is CCCCC=CCCOc1ccc(-c2noc([C@@H]3CCCN3C(=O)O)n2)cc1C(F)(F)F. The first-order valence-electron chi connectivity index (χ1n) is 10.6. The van der Waals surface area contributed by atoms with Crippen molar-refractivity contribution in [2.24, 2.45) is 0 Å². The monoisotopic (exact) mass is 453 g/mol. The topological polar surface area (TPSA) is 88.7 Å². The lowest BCUT2D eigenvalue weighted by Crippen LogP contribution is -2.28. The summed E-state index contributed by atoms with van der Waals surface area (Å²) in [4.78, 5) is 16.7. The molecule has 0 aliphatic carbocycles. The van der Waals surface area contributed by atoms with Crippen LogP contribution in [0.1, 0.15) is 62.9 Å². The van der Waals surface area contributed by atoms with Crippen LogP contribution in [0.15, 0.2) is 34.9 Å². The molecule has 1 aliphatic heterocycles. The van der Waals surface area contributed by atoms with Gasteiger partial charge in [-0.1, -0.05) is 37.1 Å². The Morgan fingerprint density at radius 3 is 2.84 bits per heavy atom. The van der Waals surface area contributed by atoms with E-state index < -0.39 is 23.9 Å². The highest BCUT2D eigenvalue weighted by atomic mass is 19.4. The van der Waals surface area contributed by atoms with E-state index in [2.05, 4.69) is 17.1 Å². The number of amides is 1. The van der Waals surface area contributed by atoms with E-state index in [1.165, 1.54) is 17.0 Å². The normalized spacial score (nSPS) is 16.8. The summed E-state index contributed by atoms with van der Waals surface area (Å²) >= 11 is 0. The molecular weight excluding hydrogens is 427 g/mol. The van der Waals surface area contributed by atoms with Gasteiger partial charge in [-0.05, 0) is 43.9 Å². The number of benzene rings is 1. The molecule has 1 saturated heterocycles. The number of rotatable bonds is 9. The Bertz CT molecular complexity index is 943. The van der Waals surface area contributed by atoms with Crippen LogP contribution >= 0.6 is 0 Å². The molecule has 2 aromatic rings. The Balaban J connectivity index is 1.74. The second kappa shape index (κ2) is 10.5. The fourth-order valence-electron chi connectivity index (χ4n) is 3.55. The predicted molar refractivity (Wildman–Crippen MR) is 110 cm³/mol. The maximum atomic E-state index is 13.6. The maximum absolute atomic E-state index is 13.6. The number of hydrogen-bond acceptors (Lipinski definition) is 5. The summed E-state index contributed by atoms with van der Waals surface area (Å²) in [6.45, 7) is 2.56. The second-order valence-electron chi connectivity index (χ2n) is 7.55. The van der Waals surface area contributed by atoms with E-state index in [-0.39, 0.29) is 29.6 Å². The van der Waals surface area contributed by atoms with Gasteiger partial charge in [-0.3, -0.25) is 4.90 Å². The minimum Gasteiger partial charge on any atom is -0.493 e. The van der Waals surface area contributed by atoms with Gasteiger partial charge in [0.15, 0.2) is 0 Å². The Morgan fingerprint density at radius 1 is 1.34 bits per heavy atom. The molecule has 1 fully saturated rings. The van der Waals surface area contributed by atoms with Crippen LogP contribution in [0.5, 0.6) is 5.75 Å². The standard InChI is InChI=1S/C22H26F3N3O4/c1-2-3-4-5-6-7-13-31-18-11-10-15(14-16(18)22(23,24)25)19-26-20(32-27-19)17-9-8-12-28(17)21(29)30/h5-6,10-11,14,17H,2-4,7-9,12-13H2,1H3,(H,29,30)/t17-/m0/s1. The van der Waals surface area contributed by atoms with Crippen LogP contribution in [-0.2, 0) is 6.18 Å². The van der Waals surface area contributed by atoms with Crippen LogP contribution in [0.2, 0.25) is 0 Å². The molecule has 1 amide bonds. The van der Waals surface area contributed by atoms with E-state index >= 15 is 0 Å². The Labute approximate surface area is 183 Å². The first kappa shape index (κ1) is 23.6. The summed E-state index contributed by atoms with van der Waals surface area (Å²) in [5.74, 6) is -0.225. The first-order chi connectivity index (χ1) is 15.3. The summed E-state index contributed by atoms with van der Waals surface area (Å²) in [6.07, 6.45) is 2.95. The molecule has 10 heteroatoms. The van der Waals surface area contributed by atoms with Crippen molar-refractivity contribution in [2.75, 3.05) is 13.2 Å². The van der Waals surface area contributed by atoms with Crippen LogP contribution in [0.25, 0.3) is 11.4 Å². The van der Waals surface area contributed by atoms with E-state index in [4.69, 9.17) is 9.26 Å². The molecule has 1 atom stereocenters. The molecule has 0 bridgehead atoms. The van der Waals surface area contributed by atoms with E-state index in [1.54, 1.807) is 0 Å². The van der Waals surface area contributed by atoms with Gasteiger partial charge in [0.25, 0.3) is 0 Å². The van der Waals surface area contributed by atoms with Gasteiger partial charge in [-0.25, -0.2) is 4.79 Å². The zero-order valence-corrected chi connectivity index (χ0v) is 17.8. The highest BCUT2D eigenvalue weighted by molar-refractivity contribution is 5.66. The number of alkyl halides is 3. The summed E-state index contributed by atoms with van der Waals surface area (Å²) in [6, 6.07) is 3.00. The lowest BCUT2D eigenvalue weighted by atomic mass is 10.1. The minimum absolute atomic E-state index is 0.0341. The van der Waals surface area contributed by atoms with Crippen molar-refractivity contribution < 1.29 is 32.3 Å². The van der Waals surface area contributed by atoms with Crippen LogP contribution in [0.3, 0.4) is 0 Å². The van der Waals surface area contributed by atoms with Gasteiger partial charge in [0, 0.05) is 12.1 Å². The molecule has 32 heavy (non-hydrogen) atoms. The molecule has 0 saturated carbocycles. The molecule has 0 radical (unpaired) electrons. The van der Waals surface area contributed by atoms with E-state index in [1.807, 2.05) is 12.2 Å². The van der Waals surface area contributed by atoms with Crippen LogP contribution < -0.4 is 4.74 Å². The zero-order valence-electron chi connectivity index (χ0n) is 17.8. The number of allylic oxidation sites excluding steroid dienone is 1. The van der Waals surface area contributed by atoms with Gasteiger partial charge in [0.1, 0.15) is 11.8 Å². The fraction of sp³-hybridized carbons (Fsp3) is 0.500. The van der Waals surface area contributed by atoms with E-state index in [0.29, 0.717) is 25.8 Å². The number of aromatic nitrogens is 2. The number of carboxylic acid groups (broad SMARTS) is 1. The first-order valence-corrected chi connectivity index (χ1v) is 10.6. The number of nitrogens with zero attached hydrogens (tertiary/aromatic N) is 3.